The molecule has 69 heavy (non-hydrogen) atoms. The molecule has 368 valence electrons. The molecule has 24 nitrogen and oxygen atoms in total. The molecule has 0 saturated carbocycles. The van der Waals surface area contributed by atoms with Gasteiger partial charge in [0, 0.05) is 103 Å². The Labute approximate surface area is 398 Å². The summed E-state index contributed by atoms with van der Waals surface area (Å²) in [5.74, 6) is -2.28. The molecular formula is C45H62N18O6. The molecule has 6 heterocycles. The lowest BCUT2D eigenvalue weighted by Crippen LogP contribution is -2.37. The molecule has 6 aromatic heterocycles. The Morgan fingerprint density at radius 3 is 1.25 bits per heavy atom. The highest BCUT2D eigenvalue weighted by Gasteiger charge is 2.22. The molecule has 0 aromatic carbocycles. The molecule has 0 spiro atoms. The minimum Gasteiger partial charge on any atom is -0.351 e. The standard InChI is InChI=1S/C45H62N18O6/c1-59-24-32(57-44(68)38-18-30(22-61(38)3)55-40(64)34(47)14-28-20-49-26-53-28)16-36(59)42(66)51-9-6-12-63(11-5-8-46)13-7-10-52-43(67)37-17-33(25-60(37)2)58-45(69)39-19-31(23-62(39)4)56-41(65)35(48)15-29-21-50-27-54-29/h16-27,34-35H,5-15,46-48H2,1-4H3,(H,49,53)(H,50,54)(H,51,66)(H,52,67)(H,55,64)(H,56,65)(H,57,68)(H,58,69). The second kappa shape index (κ2) is 23.8. The molecular weight excluding hydrogens is 889 g/mol. The van der Waals surface area contributed by atoms with Crippen LogP contribution in [0.15, 0.2) is 74.1 Å². The highest BCUT2D eigenvalue weighted by Crippen LogP contribution is 2.20. The van der Waals surface area contributed by atoms with Gasteiger partial charge in [0.05, 0.1) is 47.5 Å². The maximum atomic E-state index is 13.2. The number of carbonyl (C=O) groups excluding carboxylic acids is 6. The van der Waals surface area contributed by atoms with Crippen LogP contribution in [0.3, 0.4) is 0 Å². The third-order valence-electron chi connectivity index (χ3n) is 11.2. The van der Waals surface area contributed by atoms with Crippen molar-refractivity contribution in [3.8, 4) is 0 Å². The third kappa shape index (κ3) is 14.1. The summed E-state index contributed by atoms with van der Waals surface area (Å²) in [7, 11) is 6.79. The quantitative estimate of drug-likeness (QED) is 0.0352. The highest BCUT2D eigenvalue weighted by molar-refractivity contribution is 6.07. The van der Waals surface area contributed by atoms with Gasteiger partial charge in [0.2, 0.25) is 11.8 Å². The highest BCUT2D eigenvalue weighted by atomic mass is 16.2. The monoisotopic (exact) mass is 951 g/mol. The van der Waals surface area contributed by atoms with Gasteiger partial charge in [-0.05, 0) is 69.7 Å². The number of carbonyl (C=O) groups is 6. The summed E-state index contributed by atoms with van der Waals surface area (Å²) in [6.45, 7) is 3.46. The van der Waals surface area contributed by atoms with Crippen LogP contribution in [0.5, 0.6) is 0 Å². The Morgan fingerprint density at radius 1 is 0.551 bits per heavy atom. The molecule has 6 rings (SSSR count). The number of aromatic amines is 2. The predicted octanol–water partition coefficient (Wildman–Crippen LogP) is 0.599. The number of hydrogen-bond donors (Lipinski definition) is 11. The van der Waals surface area contributed by atoms with Crippen molar-refractivity contribution in [1.82, 2.24) is 53.7 Å². The summed E-state index contributed by atoms with van der Waals surface area (Å²) in [5, 5.41) is 17.1. The molecule has 0 fully saturated rings. The fraction of sp³-hybridized carbons (Fsp3) is 0.378. The fourth-order valence-corrected chi connectivity index (χ4v) is 7.59. The van der Waals surface area contributed by atoms with E-state index in [1.165, 1.54) is 12.7 Å². The van der Waals surface area contributed by atoms with Gasteiger partial charge >= 0.3 is 0 Å². The van der Waals surface area contributed by atoms with Crippen molar-refractivity contribution in [3.63, 3.8) is 0 Å². The second-order valence-electron chi connectivity index (χ2n) is 16.8. The third-order valence-corrected chi connectivity index (χ3v) is 11.2. The van der Waals surface area contributed by atoms with E-state index in [0.717, 1.165) is 24.4 Å². The number of H-pyrrole nitrogens is 2. The van der Waals surface area contributed by atoms with Crippen molar-refractivity contribution in [2.24, 2.45) is 45.4 Å². The molecule has 0 aliphatic carbocycles. The van der Waals surface area contributed by atoms with Gasteiger partial charge in [-0.2, -0.15) is 0 Å². The molecule has 0 radical (unpaired) electrons. The molecule has 24 heteroatoms. The van der Waals surface area contributed by atoms with E-state index in [-0.39, 0.29) is 36.0 Å². The van der Waals surface area contributed by atoms with Gasteiger partial charge in [0.25, 0.3) is 23.6 Å². The molecule has 0 aliphatic heterocycles. The maximum absolute atomic E-state index is 13.2. The molecule has 0 bridgehead atoms. The number of aryl methyl sites for hydroxylation is 4. The molecule has 0 aliphatic rings. The number of anilines is 4. The van der Waals surface area contributed by atoms with Gasteiger partial charge in [-0.1, -0.05) is 0 Å². The van der Waals surface area contributed by atoms with Crippen LogP contribution in [-0.4, -0.2) is 130 Å². The molecule has 2 unspecified atom stereocenters. The smallest absolute Gasteiger partial charge is 0.272 e. The van der Waals surface area contributed by atoms with Gasteiger partial charge in [-0.3, -0.25) is 28.8 Å². The summed E-state index contributed by atoms with van der Waals surface area (Å²) < 4.78 is 6.42. The van der Waals surface area contributed by atoms with E-state index in [1.807, 2.05) is 0 Å². The number of nitrogens with two attached hydrogens (primary N) is 3. The Balaban J connectivity index is 0.902. The number of nitrogens with one attached hydrogen (secondary N) is 8. The SMILES string of the molecule is Cn1cc(NC(=O)c2cc(NC(=O)C(N)Cc3cnc[nH]3)cn2C)cc1C(=O)NCCCN(CCCN)CCCNC(=O)c1cc(NC(=O)c2cc(NC(=O)C(N)Cc3cnc[nH]3)cn2C)cn1C. The van der Waals surface area contributed by atoms with Crippen LogP contribution >= 0.6 is 0 Å². The Kier molecular flexibility index (Phi) is 17.4. The summed E-state index contributed by atoms with van der Waals surface area (Å²) in [6, 6.07) is 4.63. The molecule has 6 amide bonds. The normalized spacial score (nSPS) is 12.1. The summed E-state index contributed by atoms with van der Waals surface area (Å²) in [4.78, 5) is 94.1. The number of imidazole rings is 2. The summed E-state index contributed by atoms with van der Waals surface area (Å²) in [5.41, 5.74) is 22.3. The first-order valence-corrected chi connectivity index (χ1v) is 22.4. The fourth-order valence-electron chi connectivity index (χ4n) is 7.59. The molecule has 14 N–H and O–H groups in total. The van der Waals surface area contributed by atoms with Crippen molar-refractivity contribution in [1.29, 1.82) is 0 Å². The largest absolute Gasteiger partial charge is 0.351 e. The lowest BCUT2D eigenvalue weighted by Gasteiger charge is -2.22. The number of aromatic nitrogens is 8. The van der Waals surface area contributed by atoms with E-state index in [1.54, 1.807) is 108 Å². The minimum atomic E-state index is -0.824. The Bertz CT molecular complexity index is 2510. The van der Waals surface area contributed by atoms with Crippen molar-refractivity contribution in [2.45, 2.75) is 44.2 Å². The Hall–Kier alpha value is -7.80. The van der Waals surface area contributed by atoms with Crippen molar-refractivity contribution in [3.05, 3.63) is 108 Å². The number of rotatable bonds is 25. The van der Waals surface area contributed by atoms with Gasteiger partial charge in [-0.25, -0.2) is 9.97 Å². The first kappa shape index (κ1) is 50.6. The van der Waals surface area contributed by atoms with E-state index < -0.39 is 35.7 Å². The lowest BCUT2D eigenvalue weighted by molar-refractivity contribution is -0.118. The predicted molar refractivity (Wildman–Crippen MR) is 259 cm³/mol. The topological polar surface area (TPSA) is 333 Å². The minimum absolute atomic E-state index is 0.272. The van der Waals surface area contributed by atoms with E-state index in [4.69, 9.17) is 17.2 Å². The van der Waals surface area contributed by atoms with Crippen molar-refractivity contribution in [2.75, 3.05) is 60.5 Å². The molecule has 6 aromatic rings. The van der Waals surface area contributed by atoms with Crippen molar-refractivity contribution >= 4 is 58.2 Å². The van der Waals surface area contributed by atoms with E-state index in [0.29, 0.717) is 79.7 Å². The van der Waals surface area contributed by atoms with Crippen LogP contribution in [0, 0.1) is 0 Å². The van der Waals surface area contributed by atoms with Crippen LogP contribution in [0.1, 0.15) is 72.6 Å². The van der Waals surface area contributed by atoms with Crippen molar-refractivity contribution < 1.29 is 28.8 Å². The maximum Gasteiger partial charge on any atom is 0.272 e. The summed E-state index contributed by atoms with van der Waals surface area (Å²) >= 11 is 0. The average Bonchev–Trinajstić information content (AvgIpc) is 4.19. The first-order valence-electron chi connectivity index (χ1n) is 22.4. The van der Waals surface area contributed by atoms with Gasteiger partial charge in [-0.15, -0.1) is 0 Å². The lowest BCUT2D eigenvalue weighted by atomic mass is 10.1. The number of hydrogen-bond acceptors (Lipinski definition) is 12. The second-order valence-corrected chi connectivity index (χ2v) is 16.8. The number of nitrogens with zero attached hydrogens (tertiary/aromatic N) is 7. The van der Waals surface area contributed by atoms with Gasteiger partial charge in [0.1, 0.15) is 22.8 Å². The number of amides is 6. The van der Waals surface area contributed by atoms with Crippen LogP contribution in [0.2, 0.25) is 0 Å². The van der Waals surface area contributed by atoms with Crippen LogP contribution < -0.4 is 49.1 Å². The molecule has 0 saturated heterocycles. The summed E-state index contributed by atoms with van der Waals surface area (Å²) in [6.07, 6.45) is 15.4. The average molecular weight is 951 g/mol. The van der Waals surface area contributed by atoms with Crippen LogP contribution in [0.4, 0.5) is 22.7 Å². The molecule has 2 atom stereocenters. The first-order chi connectivity index (χ1) is 33.1. The van der Waals surface area contributed by atoms with Crippen LogP contribution in [-0.2, 0) is 50.6 Å². The van der Waals surface area contributed by atoms with Gasteiger partial charge in [0.15, 0.2) is 0 Å². The van der Waals surface area contributed by atoms with E-state index >= 15 is 0 Å². The zero-order valence-corrected chi connectivity index (χ0v) is 39.2. The van der Waals surface area contributed by atoms with Crippen LogP contribution in [0.25, 0.3) is 0 Å². The van der Waals surface area contributed by atoms with Gasteiger partial charge < -0.3 is 82.2 Å². The van der Waals surface area contributed by atoms with E-state index in [2.05, 4.69) is 56.7 Å². The Morgan fingerprint density at radius 2 is 0.899 bits per heavy atom. The van der Waals surface area contributed by atoms with E-state index in [9.17, 15) is 28.8 Å². The zero-order chi connectivity index (χ0) is 49.6. The zero-order valence-electron chi connectivity index (χ0n) is 39.2.